The van der Waals surface area contributed by atoms with Crippen LogP contribution in [0.2, 0.25) is 0 Å². The van der Waals surface area contributed by atoms with E-state index >= 15 is 0 Å². The summed E-state index contributed by atoms with van der Waals surface area (Å²) in [5, 5.41) is 8.88. The average Bonchev–Trinajstić information content (AvgIpc) is 3.01. The summed E-state index contributed by atoms with van der Waals surface area (Å²) in [6.45, 7) is 2.61. The lowest BCUT2D eigenvalue weighted by atomic mass is 10.1. The third-order valence-electron chi connectivity index (χ3n) is 3.37. The van der Waals surface area contributed by atoms with E-state index in [2.05, 4.69) is 6.92 Å². The molecule has 2 nitrogen and oxygen atoms in total. The van der Waals surface area contributed by atoms with Gasteiger partial charge in [0, 0.05) is 6.61 Å². The molecule has 0 aromatic heterocycles. The van der Waals surface area contributed by atoms with Gasteiger partial charge < -0.3 is 9.84 Å². The summed E-state index contributed by atoms with van der Waals surface area (Å²) < 4.78 is 5.58. The summed E-state index contributed by atoms with van der Waals surface area (Å²) >= 11 is 0. The van der Waals surface area contributed by atoms with E-state index in [1.807, 2.05) is 0 Å². The van der Waals surface area contributed by atoms with E-state index in [4.69, 9.17) is 9.84 Å². The van der Waals surface area contributed by atoms with Gasteiger partial charge in [0.1, 0.15) is 0 Å². The van der Waals surface area contributed by atoms with Gasteiger partial charge in [-0.3, -0.25) is 0 Å². The Kier molecular flexibility index (Phi) is 2.89. The summed E-state index contributed by atoms with van der Waals surface area (Å²) in [6.07, 6.45) is 7.38. The molecule has 4 atom stereocenters. The summed E-state index contributed by atoms with van der Waals surface area (Å²) in [7, 11) is 0. The topological polar surface area (TPSA) is 32.8 Å². The zero-order valence-corrected chi connectivity index (χ0v) is 8.41. The predicted molar refractivity (Wildman–Crippen MR) is 51.5 cm³/mol. The Morgan fingerprint density at radius 2 is 2.15 bits per heavy atom. The molecule has 1 saturated heterocycles. The molecule has 2 heteroatoms. The van der Waals surface area contributed by atoms with Crippen LogP contribution in [-0.2, 0) is 4.74 Å². The van der Waals surface area contributed by atoms with Crippen molar-refractivity contribution in [1.29, 1.82) is 0 Å². The van der Waals surface area contributed by atoms with Gasteiger partial charge in [0.2, 0.25) is 0 Å². The number of hydrogen-bond acceptors (Lipinski definition) is 2. The molecule has 1 N–H and O–H groups in total. The second-order valence-corrected chi connectivity index (χ2v) is 4.53. The van der Waals surface area contributed by atoms with Gasteiger partial charge in [-0.25, -0.2) is 0 Å². The molecule has 2 aliphatic rings. The van der Waals surface area contributed by atoms with E-state index < -0.39 is 0 Å². The zero-order valence-electron chi connectivity index (χ0n) is 8.41. The smallest absolute Gasteiger partial charge is 0.0844 e. The number of epoxide rings is 1. The van der Waals surface area contributed by atoms with Crippen molar-refractivity contribution in [3.63, 3.8) is 0 Å². The van der Waals surface area contributed by atoms with Crippen LogP contribution in [0, 0.1) is 11.8 Å². The maximum absolute atomic E-state index is 8.88. The molecular weight excluding hydrogens is 164 g/mol. The fraction of sp³-hybridized carbons (Fsp3) is 1.00. The molecule has 76 valence electrons. The lowest BCUT2D eigenvalue weighted by Crippen LogP contribution is -1.97. The van der Waals surface area contributed by atoms with Gasteiger partial charge in [-0.1, -0.05) is 19.8 Å². The minimum Gasteiger partial charge on any atom is -0.396 e. The Labute approximate surface area is 80.3 Å². The lowest BCUT2D eigenvalue weighted by molar-refractivity contribution is 0.264. The summed E-state index contributed by atoms with van der Waals surface area (Å²) in [4.78, 5) is 0. The Hall–Kier alpha value is -0.0800. The third-order valence-corrected chi connectivity index (χ3v) is 3.37. The number of aliphatic hydroxyl groups is 1. The number of hydrogen-bond donors (Lipinski definition) is 1. The molecule has 2 rings (SSSR count). The first-order chi connectivity index (χ1) is 6.35. The van der Waals surface area contributed by atoms with Crippen molar-refractivity contribution in [2.45, 2.75) is 51.2 Å². The van der Waals surface area contributed by atoms with Crippen LogP contribution in [0.3, 0.4) is 0 Å². The van der Waals surface area contributed by atoms with Crippen LogP contribution in [0.15, 0.2) is 0 Å². The van der Waals surface area contributed by atoms with E-state index in [1.54, 1.807) is 0 Å². The highest BCUT2D eigenvalue weighted by molar-refractivity contribution is 4.94. The first-order valence-corrected chi connectivity index (χ1v) is 5.61. The second kappa shape index (κ2) is 3.97. The first-order valence-electron chi connectivity index (χ1n) is 5.61. The standard InChI is InChI=1S/C11H20O2/c1-2-3-4-10-11(13-10)6-8-5-9(8)7-12/h8-12H,2-7H2,1H3. The molecule has 0 radical (unpaired) electrons. The number of rotatable bonds is 6. The van der Waals surface area contributed by atoms with Gasteiger partial charge in [-0.05, 0) is 31.1 Å². The van der Waals surface area contributed by atoms with Crippen LogP contribution in [0.5, 0.6) is 0 Å². The SMILES string of the molecule is CCCCC1OC1CC1CC1CO. The van der Waals surface area contributed by atoms with Crippen molar-refractivity contribution in [3.8, 4) is 0 Å². The van der Waals surface area contributed by atoms with E-state index in [0.29, 0.717) is 24.7 Å². The van der Waals surface area contributed by atoms with E-state index in [-0.39, 0.29) is 0 Å². The van der Waals surface area contributed by atoms with E-state index in [9.17, 15) is 0 Å². The Bertz CT molecular complexity index is 169. The summed E-state index contributed by atoms with van der Waals surface area (Å²) in [6, 6.07) is 0. The predicted octanol–water partition coefficient (Wildman–Crippen LogP) is 1.96. The maximum atomic E-state index is 8.88. The Morgan fingerprint density at radius 3 is 2.77 bits per heavy atom. The van der Waals surface area contributed by atoms with Gasteiger partial charge >= 0.3 is 0 Å². The highest BCUT2D eigenvalue weighted by atomic mass is 16.6. The molecule has 0 aromatic carbocycles. The van der Waals surface area contributed by atoms with Crippen molar-refractivity contribution in [2.75, 3.05) is 6.61 Å². The van der Waals surface area contributed by atoms with E-state index in [0.717, 1.165) is 5.92 Å². The van der Waals surface area contributed by atoms with Gasteiger partial charge in [-0.2, -0.15) is 0 Å². The average molecular weight is 184 g/mol. The molecule has 13 heavy (non-hydrogen) atoms. The van der Waals surface area contributed by atoms with Gasteiger partial charge in [0.05, 0.1) is 12.2 Å². The van der Waals surface area contributed by atoms with Crippen LogP contribution in [-0.4, -0.2) is 23.9 Å². The van der Waals surface area contributed by atoms with Crippen molar-refractivity contribution in [3.05, 3.63) is 0 Å². The molecule has 0 amide bonds. The van der Waals surface area contributed by atoms with Crippen molar-refractivity contribution < 1.29 is 9.84 Å². The summed E-state index contributed by atoms with van der Waals surface area (Å²) in [5.41, 5.74) is 0. The van der Waals surface area contributed by atoms with E-state index in [1.165, 1.54) is 32.1 Å². The van der Waals surface area contributed by atoms with Crippen LogP contribution >= 0.6 is 0 Å². The fourth-order valence-electron chi connectivity index (χ4n) is 2.17. The molecule has 1 aliphatic carbocycles. The largest absolute Gasteiger partial charge is 0.396 e. The van der Waals surface area contributed by atoms with Crippen LogP contribution in [0.1, 0.15) is 39.0 Å². The van der Waals surface area contributed by atoms with Crippen molar-refractivity contribution in [1.82, 2.24) is 0 Å². The molecule has 2 fully saturated rings. The van der Waals surface area contributed by atoms with Crippen molar-refractivity contribution in [2.24, 2.45) is 11.8 Å². The molecule has 0 bridgehead atoms. The molecule has 0 spiro atoms. The van der Waals surface area contributed by atoms with Crippen molar-refractivity contribution >= 4 is 0 Å². The molecule has 1 heterocycles. The minimum absolute atomic E-state index is 0.386. The van der Waals surface area contributed by atoms with Gasteiger partial charge in [0.25, 0.3) is 0 Å². The third kappa shape index (κ3) is 2.44. The number of aliphatic hydroxyl groups excluding tert-OH is 1. The number of ether oxygens (including phenoxy) is 1. The molecule has 4 unspecified atom stereocenters. The van der Waals surface area contributed by atoms with Gasteiger partial charge in [-0.15, -0.1) is 0 Å². The maximum Gasteiger partial charge on any atom is 0.0844 e. The lowest BCUT2D eigenvalue weighted by Gasteiger charge is -1.93. The highest BCUT2D eigenvalue weighted by Gasteiger charge is 2.45. The first kappa shape index (κ1) is 9.47. The van der Waals surface area contributed by atoms with Crippen LogP contribution < -0.4 is 0 Å². The van der Waals surface area contributed by atoms with Crippen LogP contribution in [0.4, 0.5) is 0 Å². The monoisotopic (exact) mass is 184 g/mol. The minimum atomic E-state index is 0.386. The second-order valence-electron chi connectivity index (χ2n) is 4.53. The Balaban J connectivity index is 1.54. The molecular formula is C11H20O2. The Morgan fingerprint density at radius 1 is 1.31 bits per heavy atom. The normalized spacial score (nSPS) is 42.0. The molecule has 1 aliphatic heterocycles. The zero-order chi connectivity index (χ0) is 9.26. The fourth-order valence-corrected chi connectivity index (χ4v) is 2.17. The molecule has 0 aromatic rings. The summed E-state index contributed by atoms with van der Waals surface area (Å²) in [5.74, 6) is 1.39. The number of unbranched alkanes of at least 4 members (excludes halogenated alkanes) is 1. The van der Waals surface area contributed by atoms with Gasteiger partial charge in [0.15, 0.2) is 0 Å². The quantitative estimate of drug-likeness (QED) is 0.640. The van der Waals surface area contributed by atoms with Crippen LogP contribution in [0.25, 0.3) is 0 Å². The highest BCUT2D eigenvalue weighted by Crippen LogP contribution is 2.46. The molecule has 1 saturated carbocycles.